The second kappa shape index (κ2) is 8.34. The third kappa shape index (κ3) is 4.98. The van der Waals surface area contributed by atoms with E-state index in [-0.39, 0.29) is 6.61 Å². The van der Waals surface area contributed by atoms with E-state index in [9.17, 15) is 9.59 Å². The number of esters is 1. The number of nitriles is 1. The molecule has 0 aliphatic rings. The molecule has 0 bridgehead atoms. The molecule has 1 amide bonds. The molecule has 0 aliphatic carbocycles. The van der Waals surface area contributed by atoms with Crippen molar-refractivity contribution in [1.29, 1.82) is 5.26 Å². The Morgan fingerprint density at radius 1 is 1.33 bits per heavy atom. The highest BCUT2D eigenvalue weighted by molar-refractivity contribution is 7.14. The molecule has 1 aromatic carbocycles. The van der Waals surface area contributed by atoms with E-state index in [1.54, 1.807) is 29.6 Å². The summed E-state index contributed by atoms with van der Waals surface area (Å²) in [5.41, 5.74) is 1.19. The summed E-state index contributed by atoms with van der Waals surface area (Å²) < 4.78 is 10.1. The fourth-order valence-corrected chi connectivity index (χ4v) is 2.56. The van der Waals surface area contributed by atoms with Crippen LogP contribution in [0.5, 0.6) is 5.75 Å². The largest absolute Gasteiger partial charge is 0.482 e. The van der Waals surface area contributed by atoms with Crippen molar-refractivity contribution in [3.05, 3.63) is 45.8 Å². The van der Waals surface area contributed by atoms with E-state index in [0.717, 1.165) is 5.56 Å². The maximum atomic E-state index is 11.7. The number of halogens is 1. The zero-order chi connectivity index (χ0) is 17.5. The van der Waals surface area contributed by atoms with Crippen molar-refractivity contribution in [3.63, 3.8) is 0 Å². The summed E-state index contributed by atoms with van der Waals surface area (Å²) >= 11 is 7.11. The summed E-state index contributed by atoms with van der Waals surface area (Å²) in [4.78, 5) is 23.3. The van der Waals surface area contributed by atoms with Crippen molar-refractivity contribution in [2.75, 3.05) is 18.5 Å². The maximum absolute atomic E-state index is 11.7. The highest BCUT2D eigenvalue weighted by Gasteiger charge is 2.11. The van der Waals surface area contributed by atoms with Crippen LogP contribution in [0.25, 0.3) is 0 Å². The average molecular weight is 365 g/mol. The number of thiophene rings is 1. The molecule has 0 radical (unpaired) electrons. The van der Waals surface area contributed by atoms with Crippen molar-refractivity contribution >= 4 is 39.8 Å². The van der Waals surface area contributed by atoms with Crippen LogP contribution in [0.3, 0.4) is 0 Å². The van der Waals surface area contributed by atoms with Gasteiger partial charge in [-0.25, -0.2) is 4.79 Å². The smallest absolute Gasteiger partial charge is 0.344 e. The number of hydrogen-bond donors (Lipinski definition) is 1. The molecule has 1 aromatic heterocycles. The van der Waals surface area contributed by atoms with Gasteiger partial charge in [-0.15, -0.1) is 11.3 Å². The summed E-state index contributed by atoms with van der Waals surface area (Å²) in [7, 11) is 0. The maximum Gasteiger partial charge on any atom is 0.344 e. The second-order valence-corrected chi connectivity index (χ2v) is 6.01. The van der Waals surface area contributed by atoms with Crippen LogP contribution in [0.2, 0.25) is 5.02 Å². The van der Waals surface area contributed by atoms with Gasteiger partial charge in [0.05, 0.1) is 5.56 Å². The lowest BCUT2D eigenvalue weighted by Gasteiger charge is -2.08. The third-order valence-electron chi connectivity index (χ3n) is 2.89. The van der Waals surface area contributed by atoms with Gasteiger partial charge in [-0.05, 0) is 42.1 Å². The first-order valence-corrected chi connectivity index (χ1v) is 8.07. The van der Waals surface area contributed by atoms with Crippen LogP contribution in [0.4, 0.5) is 5.00 Å². The standard InChI is InChI=1S/C16H13ClN2O4S/c1-10-6-12(2-3-13(10)17)22-9-15(21)23-8-14(20)19-16-11(7-18)4-5-24-16/h2-6H,8-9H2,1H3,(H,19,20). The highest BCUT2D eigenvalue weighted by atomic mass is 35.5. The molecule has 24 heavy (non-hydrogen) atoms. The van der Waals surface area contributed by atoms with Gasteiger partial charge in [0.2, 0.25) is 0 Å². The molecule has 0 saturated carbocycles. The molecule has 0 spiro atoms. The van der Waals surface area contributed by atoms with Crippen LogP contribution >= 0.6 is 22.9 Å². The fraction of sp³-hybridized carbons (Fsp3) is 0.188. The predicted octanol–water partition coefficient (Wildman–Crippen LogP) is 3.14. The molecule has 2 aromatic rings. The summed E-state index contributed by atoms with van der Waals surface area (Å²) in [5, 5.41) is 14.1. The van der Waals surface area contributed by atoms with Gasteiger partial charge in [0.1, 0.15) is 16.8 Å². The number of carbonyl (C=O) groups excluding carboxylic acids is 2. The number of nitrogens with zero attached hydrogens (tertiary/aromatic N) is 1. The number of rotatable bonds is 6. The van der Waals surface area contributed by atoms with Gasteiger partial charge in [0, 0.05) is 5.02 Å². The predicted molar refractivity (Wildman–Crippen MR) is 90.3 cm³/mol. The minimum Gasteiger partial charge on any atom is -0.482 e. The number of ether oxygens (including phenoxy) is 2. The molecule has 8 heteroatoms. The van der Waals surface area contributed by atoms with Crippen molar-refractivity contribution in [2.24, 2.45) is 0 Å². The molecule has 0 fully saturated rings. The Bertz CT molecular complexity index is 798. The summed E-state index contributed by atoms with van der Waals surface area (Å²) in [6.45, 7) is 1.04. The number of aryl methyl sites for hydroxylation is 1. The quantitative estimate of drug-likeness (QED) is 0.795. The molecule has 0 saturated heterocycles. The van der Waals surface area contributed by atoms with Gasteiger partial charge in [0.15, 0.2) is 13.2 Å². The van der Waals surface area contributed by atoms with Crippen molar-refractivity contribution in [3.8, 4) is 11.8 Å². The van der Waals surface area contributed by atoms with E-state index >= 15 is 0 Å². The molecule has 0 atom stereocenters. The lowest BCUT2D eigenvalue weighted by Crippen LogP contribution is -2.23. The Morgan fingerprint density at radius 3 is 2.83 bits per heavy atom. The van der Waals surface area contributed by atoms with Crippen LogP contribution in [0.15, 0.2) is 29.6 Å². The van der Waals surface area contributed by atoms with Gasteiger partial charge < -0.3 is 14.8 Å². The van der Waals surface area contributed by atoms with Gasteiger partial charge in [-0.3, -0.25) is 4.79 Å². The molecule has 0 unspecified atom stereocenters. The zero-order valence-corrected chi connectivity index (χ0v) is 14.2. The summed E-state index contributed by atoms with van der Waals surface area (Å²) in [5.74, 6) is -0.718. The number of benzene rings is 1. The van der Waals surface area contributed by atoms with Crippen LogP contribution in [0.1, 0.15) is 11.1 Å². The number of hydrogen-bond acceptors (Lipinski definition) is 6. The first-order chi connectivity index (χ1) is 11.5. The molecule has 0 aliphatic heterocycles. The van der Waals surface area contributed by atoms with Crippen molar-refractivity contribution in [1.82, 2.24) is 0 Å². The third-order valence-corrected chi connectivity index (χ3v) is 4.14. The van der Waals surface area contributed by atoms with E-state index in [0.29, 0.717) is 21.3 Å². The monoisotopic (exact) mass is 364 g/mol. The molecule has 2 rings (SSSR count). The Labute approximate surface area is 147 Å². The topological polar surface area (TPSA) is 88.4 Å². The molecule has 124 valence electrons. The Morgan fingerprint density at radius 2 is 2.12 bits per heavy atom. The van der Waals surface area contributed by atoms with E-state index in [1.165, 1.54) is 11.3 Å². The number of nitrogens with one attached hydrogen (secondary N) is 1. The normalized spacial score (nSPS) is 9.88. The summed E-state index contributed by atoms with van der Waals surface area (Å²) in [6, 6.07) is 8.54. The molecule has 1 N–H and O–H groups in total. The number of carbonyl (C=O) groups is 2. The average Bonchev–Trinajstić information content (AvgIpc) is 3.01. The number of anilines is 1. The van der Waals surface area contributed by atoms with E-state index < -0.39 is 18.5 Å². The lowest BCUT2D eigenvalue weighted by molar-refractivity contribution is -0.149. The minimum atomic E-state index is -0.676. The van der Waals surface area contributed by atoms with Crippen molar-refractivity contribution in [2.45, 2.75) is 6.92 Å². The van der Waals surface area contributed by atoms with Crippen LogP contribution in [0, 0.1) is 18.3 Å². The first kappa shape index (κ1) is 17.8. The molecule has 1 heterocycles. The summed E-state index contributed by atoms with van der Waals surface area (Å²) in [6.07, 6.45) is 0. The zero-order valence-electron chi connectivity index (χ0n) is 12.7. The Kier molecular flexibility index (Phi) is 6.18. The SMILES string of the molecule is Cc1cc(OCC(=O)OCC(=O)Nc2sccc2C#N)ccc1Cl. The van der Waals surface area contributed by atoms with Gasteiger partial charge in [-0.1, -0.05) is 11.6 Å². The van der Waals surface area contributed by atoms with Crippen LogP contribution in [-0.2, 0) is 14.3 Å². The van der Waals surface area contributed by atoms with E-state index in [4.69, 9.17) is 26.3 Å². The second-order valence-electron chi connectivity index (χ2n) is 4.68. The Hall–Kier alpha value is -2.56. The Balaban J connectivity index is 1.75. The minimum absolute atomic E-state index is 0.323. The lowest BCUT2D eigenvalue weighted by atomic mass is 10.2. The van der Waals surface area contributed by atoms with Crippen molar-refractivity contribution < 1.29 is 19.1 Å². The van der Waals surface area contributed by atoms with E-state index in [1.807, 2.05) is 13.0 Å². The highest BCUT2D eigenvalue weighted by Crippen LogP contribution is 2.22. The van der Waals surface area contributed by atoms with Crippen LogP contribution in [-0.4, -0.2) is 25.1 Å². The van der Waals surface area contributed by atoms with Crippen LogP contribution < -0.4 is 10.1 Å². The molecule has 6 nitrogen and oxygen atoms in total. The van der Waals surface area contributed by atoms with Gasteiger partial charge >= 0.3 is 5.97 Å². The first-order valence-electron chi connectivity index (χ1n) is 6.81. The van der Waals surface area contributed by atoms with Gasteiger partial charge in [0.25, 0.3) is 5.91 Å². The molecular formula is C16H13ClN2O4S. The van der Waals surface area contributed by atoms with E-state index in [2.05, 4.69) is 5.32 Å². The fourth-order valence-electron chi connectivity index (χ4n) is 1.69. The number of amides is 1. The van der Waals surface area contributed by atoms with Gasteiger partial charge in [-0.2, -0.15) is 5.26 Å². The molecular weight excluding hydrogens is 352 g/mol.